The number of ether oxygens (including phenoxy) is 1. The second-order valence-corrected chi connectivity index (χ2v) is 7.78. The molecule has 27 heavy (non-hydrogen) atoms. The molecule has 2 heterocycles. The number of carbonyl (C=O) groups is 2. The number of carbonyl (C=O) groups excluding carboxylic acids is 2. The third-order valence-electron chi connectivity index (χ3n) is 4.67. The van der Waals surface area contributed by atoms with E-state index < -0.39 is 12.1 Å². The topological polar surface area (TPSA) is 46.6 Å². The van der Waals surface area contributed by atoms with Gasteiger partial charge >= 0.3 is 5.97 Å². The van der Waals surface area contributed by atoms with Gasteiger partial charge in [-0.3, -0.25) is 9.69 Å². The molecule has 4 rings (SSSR count). The summed E-state index contributed by atoms with van der Waals surface area (Å²) in [7, 11) is 0. The van der Waals surface area contributed by atoms with E-state index in [0.717, 1.165) is 11.1 Å². The Labute approximate surface area is 162 Å². The molecule has 136 valence electrons. The van der Waals surface area contributed by atoms with Crippen molar-refractivity contribution < 1.29 is 14.3 Å². The molecule has 1 saturated heterocycles. The van der Waals surface area contributed by atoms with Crippen LogP contribution in [-0.2, 0) is 14.3 Å². The molecule has 2 aromatic rings. The van der Waals surface area contributed by atoms with Crippen LogP contribution in [-0.4, -0.2) is 27.4 Å². The predicted octanol–water partition coefficient (Wildman–Crippen LogP) is 4.06. The number of benzene rings is 2. The first-order chi connectivity index (χ1) is 13.2. The first-order valence-electron chi connectivity index (χ1n) is 8.80. The molecule has 2 aliphatic heterocycles. The molecule has 4 nitrogen and oxygen atoms in total. The monoisotopic (exact) mass is 377 g/mol. The number of nitrogens with zero attached hydrogens (tertiary/aromatic N) is 1. The van der Waals surface area contributed by atoms with E-state index in [1.807, 2.05) is 60.7 Å². The summed E-state index contributed by atoms with van der Waals surface area (Å²) >= 11 is 1.62. The Morgan fingerprint density at radius 3 is 2.22 bits per heavy atom. The van der Waals surface area contributed by atoms with Gasteiger partial charge in [0.05, 0.1) is 11.8 Å². The van der Waals surface area contributed by atoms with Crippen LogP contribution in [0.5, 0.6) is 0 Å². The van der Waals surface area contributed by atoms with E-state index >= 15 is 0 Å². The standard InChI is InChI=1S/C22H19NO3S/c1-2-17-13-18(23-19(24)14-20(23)27-17)22(25)26-21(15-9-5-3-6-10-15)16-11-7-4-8-12-16/h2-13,17,20-21H,1,14H2/t17?,20-/m1/s1. The van der Waals surface area contributed by atoms with Gasteiger partial charge in [0.1, 0.15) is 5.70 Å². The molecule has 0 N–H and O–H groups in total. The molecule has 2 aromatic carbocycles. The second kappa shape index (κ2) is 7.45. The fraction of sp³-hybridized carbons (Fsp3) is 0.182. The van der Waals surface area contributed by atoms with Gasteiger partial charge in [0, 0.05) is 5.25 Å². The van der Waals surface area contributed by atoms with Gasteiger partial charge < -0.3 is 4.74 Å². The third-order valence-corrected chi connectivity index (χ3v) is 6.01. The van der Waals surface area contributed by atoms with Crippen molar-refractivity contribution >= 4 is 23.6 Å². The summed E-state index contributed by atoms with van der Waals surface area (Å²) < 4.78 is 5.91. The van der Waals surface area contributed by atoms with Gasteiger partial charge in [-0.1, -0.05) is 66.7 Å². The molecular weight excluding hydrogens is 358 g/mol. The predicted molar refractivity (Wildman–Crippen MR) is 106 cm³/mol. The highest BCUT2D eigenvalue weighted by atomic mass is 32.2. The summed E-state index contributed by atoms with van der Waals surface area (Å²) in [4.78, 5) is 26.6. The van der Waals surface area contributed by atoms with Crippen molar-refractivity contribution in [1.29, 1.82) is 0 Å². The Bertz CT molecular complexity index is 855. The summed E-state index contributed by atoms with van der Waals surface area (Å²) in [5.41, 5.74) is 2.08. The van der Waals surface area contributed by atoms with Crippen LogP contribution in [0.15, 0.2) is 85.1 Å². The Hall–Kier alpha value is -2.79. The molecule has 0 bridgehead atoms. The Morgan fingerprint density at radius 1 is 1.11 bits per heavy atom. The van der Waals surface area contributed by atoms with Crippen molar-refractivity contribution in [3.8, 4) is 0 Å². The van der Waals surface area contributed by atoms with Gasteiger partial charge in [0.15, 0.2) is 6.10 Å². The molecule has 0 spiro atoms. The number of rotatable bonds is 5. The van der Waals surface area contributed by atoms with Crippen LogP contribution in [0.4, 0.5) is 0 Å². The maximum atomic E-state index is 13.0. The Kier molecular flexibility index (Phi) is 4.86. The number of β-lactam (4-membered cyclic amide) rings is 1. The zero-order valence-corrected chi connectivity index (χ0v) is 15.5. The molecule has 5 heteroatoms. The summed E-state index contributed by atoms with van der Waals surface area (Å²) in [6.45, 7) is 3.82. The van der Waals surface area contributed by atoms with Crippen LogP contribution in [0, 0.1) is 0 Å². The average molecular weight is 377 g/mol. The molecule has 0 radical (unpaired) electrons. The Morgan fingerprint density at radius 2 is 1.70 bits per heavy atom. The Balaban J connectivity index is 1.65. The average Bonchev–Trinajstić information content (AvgIpc) is 2.71. The lowest BCUT2D eigenvalue weighted by molar-refractivity contribution is -0.151. The van der Waals surface area contributed by atoms with Crippen LogP contribution in [0.3, 0.4) is 0 Å². The molecule has 1 unspecified atom stereocenters. The first kappa shape index (κ1) is 17.6. The van der Waals surface area contributed by atoms with E-state index in [1.165, 1.54) is 0 Å². The largest absolute Gasteiger partial charge is 0.448 e. The number of fused-ring (bicyclic) bond motifs is 1. The van der Waals surface area contributed by atoms with Gasteiger partial charge in [-0.05, 0) is 17.2 Å². The number of hydrogen-bond acceptors (Lipinski definition) is 4. The van der Waals surface area contributed by atoms with Gasteiger partial charge in [-0.15, -0.1) is 18.3 Å². The molecule has 2 aliphatic rings. The van der Waals surface area contributed by atoms with Crippen molar-refractivity contribution in [1.82, 2.24) is 4.90 Å². The summed E-state index contributed by atoms with van der Waals surface area (Å²) in [6, 6.07) is 19.2. The molecule has 0 aromatic heterocycles. The van der Waals surface area contributed by atoms with E-state index in [-0.39, 0.29) is 16.5 Å². The van der Waals surface area contributed by atoms with Crippen LogP contribution in [0.25, 0.3) is 0 Å². The normalized spacial score (nSPS) is 21.1. The number of thioether (sulfide) groups is 1. The molecule has 2 atom stereocenters. The number of hydrogen-bond donors (Lipinski definition) is 0. The van der Waals surface area contributed by atoms with E-state index in [0.29, 0.717) is 12.1 Å². The minimum absolute atomic E-state index is 0.00574. The van der Waals surface area contributed by atoms with Crippen LogP contribution >= 0.6 is 11.8 Å². The lowest BCUT2D eigenvalue weighted by Crippen LogP contribution is -2.54. The zero-order valence-electron chi connectivity index (χ0n) is 14.7. The highest BCUT2D eigenvalue weighted by molar-refractivity contribution is 8.01. The number of amides is 1. The molecule has 1 fully saturated rings. The fourth-order valence-corrected chi connectivity index (χ4v) is 4.56. The van der Waals surface area contributed by atoms with Gasteiger partial charge in [-0.2, -0.15) is 0 Å². The highest BCUT2D eigenvalue weighted by Gasteiger charge is 2.45. The second-order valence-electron chi connectivity index (χ2n) is 6.42. The van der Waals surface area contributed by atoms with E-state index in [1.54, 1.807) is 28.8 Å². The summed E-state index contributed by atoms with van der Waals surface area (Å²) in [5, 5.41) is -0.0197. The molecule has 0 saturated carbocycles. The summed E-state index contributed by atoms with van der Waals surface area (Å²) in [5.74, 6) is -0.535. The first-order valence-corrected chi connectivity index (χ1v) is 9.74. The van der Waals surface area contributed by atoms with Crippen LogP contribution < -0.4 is 0 Å². The van der Waals surface area contributed by atoms with Gasteiger partial charge in [-0.25, -0.2) is 4.79 Å². The summed E-state index contributed by atoms with van der Waals surface area (Å²) in [6.07, 6.45) is 3.46. The maximum absolute atomic E-state index is 13.0. The lowest BCUT2D eigenvalue weighted by Gasteiger charge is -2.44. The van der Waals surface area contributed by atoms with E-state index in [9.17, 15) is 9.59 Å². The van der Waals surface area contributed by atoms with Crippen molar-refractivity contribution in [2.24, 2.45) is 0 Å². The smallest absolute Gasteiger partial charge is 0.355 e. The molecular formula is C22H19NO3S. The minimum Gasteiger partial charge on any atom is -0.448 e. The third kappa shape index (κ3) is 3.43. The maximum Gasteiger partial charge on any atom is 0.355 e. The van der Waals surface area contributed by atoms with Crippen molar-refractivity contribution in [3.63, 3.8) is 0 Å². The van der Waals surface area contributed by atoms with Gasteiger partial charge in [0.2, 0.25) is 5.91 Å². The zero-order chi connectivity index (χ0) is 18.8. The van der Waals surface area contributed by atoms with Crippen LogP contribution in [0.2, 0.25) is 0 Å². The SMILES string of the molecule is C=CC1C=C(C(=O)OC(c2ccccc2)c2ccccc2)N2C(=O)C[C@H]2S1. The lowest BCUT2D eigenvalue weighted by atomic mass is 10.0. The van der Waals surface area contributed by atoms with Crippen molar-refractivity contribution in [2.45, 2.75) is 23.1 Å². The molecule has 1 amide bonds. The van der Waals surface area contributed by atoms with E-state index in [2.05, 4.69) is 6.58 Å². The quantitative estimate of drug-likeness (QED) is 0.448. The van der Waals surface area contributed by atoms with Gasteiger partial charge in [0.25, 0.3) is 0 Å². The van der Waals surface area contributed by atoms with Crippen LogP contribution in [0.1, 0.15) is 23.7 Å². The van der Waals surface area contributed by atoms with Crippen molar-refractivity contribution in [3.05, 3.63) is 96.2 Å². The fourth-order valence-electron chi connectivity index (χ4n) is 3.28. The minimum atomic E-state index is -0.535. The number of esters is 1. The van der Waals surface area contributed by atoms with E-state index in [4.69, 9.17) is 4.74 Å². The van der Waals surface area contributed by atoms with Crippen molar-refractivity contribution in [2.75, 3.05) is 0 Å². The molecule has 0 aliphatic carbocycles. The highest BCUT2D eigenvalue weighted by Crippen LogP contribution is 2.41.